The van der Waals surface area contributed by atoms with Crippen LogP contribution in [0, 0.1) is 0 Å². The lowest BCUT2D eigenvalue weighted by Crippen LogP contribution is -2.44. The Morgan fingerprint density at radius 2 is 1.78 bits per heavy atom. The van der Waals surface area contributed by atoms with E-state index in [0.29, 0.717) is 12.8 Å². The Labute approximate surface area is 136 Å². The number of likely N-dealkylation sites (tertiary alicyclic amines) is 1. The van der Waals surface area contributed by atoms with E-state index in [1.807, 2.05) is 0 Å². The summed E-state index contributed by atoms with van der Waals surface area (Å²) >= 11 is 0. The van der Waals surface area contributed by atoms with Gasteiger partial charge in [0.2, 0.25) is 0 Å². The number of phenolic OH excluding ortho intramolecular Hbond substituents is 1. The van der Waals surface area contributed by atoms with Crippen LogP contribution in [0.15, 0.2) is 24.3 Å². The molecule has 0 saturated carbocycles. The molecule has 6 nitrogen and oxygen atoms in total. The number of carbonyl (C=O) groups excluding carboxylic acids is 2. The van der Waals surface area contributed by atoms with Crippen LogP contribution in [0.25, 0.3) is 0 Å². The number of esters is 1. The average Bonchev–Trinajstić information content (AvgIpc) is 2.90. The van der Waals surface area contributed by atoms with Crippen LogP contribution in [-0.4, -0.2) is 40.8 Å². The quantitative estimate of drug-likeness (QED) is 0.847. The molecule has 0 bridgehead atoms. The molecule has 1 saturated heterocycles. The lowest BCUT2D eigenvalue weighted by atomic mass is 10.0. The summed E-state index contributed by atoms with van der Waals surface area (Å²) in [5.74, 6) is -0.294. The molecule has 1 N–H and O–H groups in total. The summed E-state index contributed by atoms with van der Waals surface area (Å²) < 4.78 is 10.3. The molecule has 2 atom stereocenters. The van der Waals surface area contributed by atoms with E-state index in [0.717, 1.165) is 5.56 Å². The summed E-state index contributed by atoms with van der Waals surface area (Å²) in [5.41, 5.74) is 0.194. The second-order valence-corrected chi connectivity index (χ2v) is 6.61. The van der Waals surface area contributed by atoms with Crippen LogP contribution in [0.1, 0.15) is 45.2 Å². The molecule has 0 aliphatic carbocycles. The molecular formula is C17H23NO5. The maximum Gasteiger partial charge on any atom is 0.411 e. The van der Waals surface area contributed by atoms with Crippen molar-refractivity contribution in [2.45, 2.75) is 51.3 Å². The molecule has 1 unspecified atom stereocenters. The van der Waals surface area contributed by atoms with E-state index in [1.165, 1.54) is 12.0 Å². The second kappa shape index (κ2) is 6.48. The Kier molecular flexibility index (Phi) is 4.82. The fourth-order valence-corrected chi connectivity index (χ4v) is 2.77. The van der Waals surface area contributed by atoms with E-state index in [2.05, 4.69) is 0 Å². The van der Waals surface area contributed by atoms with E-state index in [1.54, 1.807) is 45.0 Å². The maximum absolute atomic E-state index is 12.6. The van der Waals surface area contributed by atoms with Gasteiger partial charge in [0.15, 0.2) is 0 Å². The number of aromatic hydroxyl groups is 1. The first-order chi connectivity index (χ1) is 10.7. The predicted molar refractivity (Wildman–Crippen MR) is 84.0 cm³/mol. The lowest BCUT2D eigenvalue weighted by Gasteiger charge is -2.31. The van der Waals surface area contributed by atoms with Gasteiger partial charge in [-0.3, -0.25) is 4.90 Å². The van der Waals surface area contributed by atoms with Crippen molar-refractivity contribution in [1.82, 2.24) is 4.90 Å². The Hall–Kier alpha value is -2.24. The average molecular weight is 321 g/mol. The minimum Gasteiger partial charge on any atom is -0.508 e. The number of amides is 1. The summed E-state index contributed by atoms with van der Waals surface area (Å²) in [6, 6.07) is 5.68. The van der Waals surface area contributed by atoms with Crippen LogP contribution in [0.5, 0.6) is 5.75 Å². The van der Waals surface area contributed by atoms with E-state index < -0.39 is 23.7 Å². The van der Waals surface area contributed by atoms with Crippen LogP contribution in [0.4, 0.5) is 4.79 Å². The molecule has 6 heteroatoms. The molecule has 0 aromatic heterocycles. The normalized spacial score (nSPS) is 21.1. The van der Waals surface area contributed by atoms with Gasteiger partial charge in [-0.25, -0.2) is 9.59 Å². The largest absolute Gasteiger partial charge is 0.508 e. The van der Waals surface area contributed by atoms with E-state index in [-0.39, 0.29) is 11.8 Å². The third kappa shape index (κ3) is 3.94. The fourth-order valence-electron chi connectivity index (χ4n) is 2.77. The van der Waals surface area contributed by atoms with Crippen LogP contribution >= 0.6 is 0 Å². The van der Waals surface area contributed by atoms with E-state index in [4.69, 9.17) is 9.47 Å². The third-order valence-corrected chi connectivity index (χ3v) is 3.74. The number of hydrogen-bond acceptors (Lipinski definition) is 5. The molecule has 1 aliphatic heterocycles. The van der Waals surface area contributed by atoms with Gasteiger partial charge >= 0.3 is 12.1 Å². The fraction of sp³-hybridized carbons (Fsp3) is 0.529. The van der Waals surface area contributed by atoms with Crippen LogP contribution in [-0.2, 0) is 14.3 Å². The molecular weight excluding hydrogens is 298 g/mol. The smallest absolute Gasteiger partial charge is 0.411 e. The summed E-state index contributed by atoms with van der Waals surface area (Å²) in [6.45, 7) is 5.34. The van der Waals surface area contributed by atoms with Crippen molar-refractivity contribution in [2.75, 3.05) is 7.11 Å². The lowest BCUT2D eigenvalue weighted by molar-refractivity contribution is -0.146. The Bertz CT molecular complexity index is 576. The summed E-state index contributed by atoms with van der Waals surface area (Å²) in [6.07, 6.45) is 0.602. The highest BCUT2D eigenvalue weighted by Gasteiger charge is 2.44. The van der Waals surface area contributed by atoms with Gasteiger partial charge < -0.3 is 14.6 Å². The zero-order chi connectivity index (χ0) is 17.2. The van der Waals surface area contributed by atoms with Crippen molar-refractivity contribution in [3.8, 4) is 5.75 Å². The highest BCUT2D eigenvalue weighted by Crippen LogP contribution is 2.38. The Morgan fingerprint density at radius 1 is 1.17 bits per heavy atom. The van der Waals surface area contributed by atoms with Gasteiger partial charge in [0, 0.05) is 0 Å². The summed E-state index contributed by atoms with van der Waals surface area (Å²) in [4.78, 5) is 26.1. The highest BCUT2D eigenvalue weighted by atomic mass is 16.6. The van der Waals surface area contributed by atoms with Gasteiger partial charge in [0.25, 0.3) is 0 Å². The van der Waals surface area contributed by atoms with Crippen molar-refractivity contribution in [3.05, 3.63) is 29.8 Å². The molecule has 1 fully saturated rings. The molecule has 1 heterocycles. The molecule has 2 rings (SSSR count). The van der Waals surface area contributed by atoms with Gasteiger partial charge in [-0.1, -0.05) is 12.1 Å². The highest BCUT2D eigenvalue weighted by molar-refractivity contribution is 5.82. The van der Waals surface area contributed by atoms with Gasteiger partial charge in [0.05, 0.1) is 13.2 Å². The molecule has 23 heavy (non-hydrogen) atoms. The van der Waals surface area contributed by atoms with Gasteiger partial charge in [-0.05, 0) is 51.3 Å². The van der Waals surface area contributed by atoms with Gasteiger partial charge in [-0.2, -0.15) is 0 Å². The first-order valence-corrected chi connectivity index (χ1v) is 7.61. The van der Waals surface area contributed by atoms with Crippen molar-refractivity contribution >= 4 is 12.1 Å². The van der Waals surface area contributed by atoms with Crippen LogP contribution in [0.2, 0.25) is 0 Å². The number of hydrogen-bond donors (Lipinski definition) is 1. The third-order valence-electron chi connectivity index (χ3n) is 3.74. The van der Waals surface area contributed by atoms with Crippen LogP contribution in [0.3, 0.4) is 0 Å². The van der Waals surface area contributed by atoms with Gasteiger partial charge in [-0.15, -0.1) is 0 Å². The number of nitrogens with zero attached hydrogens (tertiary/aromatic N) is 1. The standard InChI is InChI=1S/C17H23NO5/c1-17(2,3)23-16(21)18-13(9-10-14(18)15(20)22-4)11-5-7-12(19)8-6-11/h5-8,13-14,19H,9-10H2,1-4H3/t13?,14-/m0/s1. The topological polar surface area (TPSA) is 76.1 Å². The second-order valence-electron chi connectivity index (χ2n) is 6.61. The first kappa shape index (κ1) is 17.1. The number of rotatable bonds is 2. The number of ether oxygens (including phenoxy) is 2. The van der Waals surface area contributed by atoms with Crippen molar-refractivity contribution in [1.29, 1.82) is 0 Å². The predicted octanol–water partition coefficient (Wildman–Crippen LogP) is 3.01. The molecule has 1 aliphatic rings. The van der Waals surface area contributed by atoms with E-state index in [9.17, 15) is 14.7 Å². The minimum atomic E-state index is -0.659. The number of carbonyl (C=O) groups is 2. The number of methoxy groups -OCH3 is 1. The molecule has 1 amide bonds. The monoisotopic (exact) mass is 321 g/mol. The number of benzene rings is 1. The minimum absolute atomic E-state index is 0.153. The van der Waals surface area contributed by atoms with Gasteiger partial charge in [0.1, 0.15) is 17.4 Å². The molecule has 0 radical (unpaired) electrons. The first-order valence-electron chi connectivity index (χ1n) is 7.61. The SMILES string of the molecule is COC(=O)[C@@H]1CCC(c2ccc(O)cc2)N1C(=O)OC(C)(C)C. The van der Waals surface area contributed by atoms with Crippen LogP contribution < -0.4 is 0 Å². The Morgan fingerprint density at radius 3 is 2.30 bits per heavy atom. The molecule has 126 valence electrons. The summed E-state index contributed by atoms with van der Waals surface area (Å²) in [7, 11) is 1.31. The molecule has 1 aromatic carbocycles. The Balaban J connectivity index is 2.31. The molecule has 1 aromatic rings. The zero-order valence-electron chi connectivity index (χ0n) is 13.9. The number of phenols is 1. The van der Waals surface area contributed by atoms with Crippen molar-refractivity contribution in [3.63, 3.8) is 0 Å². The van der Waals surface area contributed by atoms with Crippen molar-refractivity contribution < 1.29 is 24.2 Å². The van der Waals surface area contributed by atoms with Crippen molar-refractivity contribution in [2.24, 2.45) is 0 Å². The summed E-state index contributed by atoms with van der Waals surface area (Å²) in [5, 5.41) is 9.43. The maximum atomic E-state index is 12.6. The van der Waals surface area contributed by atoms with E-state index >= 15 is 0 Å². The molecule has 0 spiro atoms. The zero-order valence-corrected chi connectivity index (χ0v) is 13.9.